The fourth-order valence-electron chi connectivity index (χ4n) is 2.92. The van der Waals surface area contributed by atoms with Crippen LogP contribution in [0.3, 0.4) is 0 Å². The van der Waals surface area contributed by atoms with E-state index in [0.717, 1.165) is 12.0 Å². The first-order valence-electron chi connectivity index (χ1n) is 9.17. The quantitative estimate of drug-likeness (QED) is 0.550. The minimum absolute atomic E-state index is 0.0346. The van der Waals surface area contributed by atoms with E-state index in [-0.39, 0.29) is 36.8 Å². The van der Waals surface area contributed by atoms with Gasteiger partial charge in [-0.15, -0.1) is 0 Å². The highest BCUT2D eigenvalue weighted by Gasteiger charge is 2.11. The number of rotatable bonds is 8. The van der Waals surface area contributed by atoms with Crippen molar-refractivity contribution in [2.45, 2.75) is 19.3 Å². The molecule has 7 nitrogen and oxygen atoms in total. The largest absolute Gasteiger partial charge is 0.356 e. The second kappa shape index (κ2) is 9.45. The summed E-state index contributed by atoms with van der Waals surface area (Å²) in [6, 6.07) is 16.9. The molecule has 7 heteroatoms. The van der Waals surface area contributed by atoms with Crippen LogP contribution in [0.2, 0.25) is 0 Å². The molecule has 1 aromatic heterocycles. The van der Waals surface area contributed by atoms with E-state index >= 15 is 0 Å². The Kier molecular flexibility index (Phi) is 6.51. The molecule has 0 atom stereocenters. The van der Waals surface area contributed by atoms with Gasteiger partial charge in [0.2, 0.25) is 11.8 Å². The van der Waals surface area contributed by atoms with E-state index in [1.54, 1.807) is 24.3 Å². The Morgan fingerprint density at radius 3 is 2.32 bits per heavy atom. The molecule has 144 valence electrons. The summed E-state index contributed by atoms with van der Waals surface area (Å²) in [6.45, 7) is 0.807. The minimum atomic E-state index is -0.285. The van der Waals surface area contributed by atoms with E-state index in [2.05, 4.69) is 20.8 Å². The van der Waals surface area contributed by atoms with Crippen molar-refractivity contribution in [2.75, 3.05) is 13.1 Å². The summed E-state index contributed by atoms with van der Waals surface area (Å²) in [5.74, 6) is -0.356. The number of fused-ring (bicyclic) bond motifs is 1. The van der Waals surface area contributed by atoms with Crippen LogP contribution >= 0.6 is 0 Å². The maximum Gasteiger partial charge on any atom is 0.272 e. The van der Waals surface area contributed by atoms with Gasteiger partial charge in [-0.2, -0.15) is 5.10 Å². The van der Waals surface area contributed by atoms with Crippen LogP contribution in [0, 0.1) is 0 Å². The van der Waals surface area contributed by atoms with Crippen LogP contribution < -0.4 is 16.2 Å². The van der Waals surface area contributed by atoms with Gasteiger partial charge in [0.1, 0.15) is 0 Å². The molecular weight excluding hydrogens is 356 g/mol. The van der Waals surface area contributed by atoms with Crippen molar-refractivity contribution in [1.29, 1.82) is 0 Å². The van der Waals surface area contributed by atoms with Crippen molar-refractivity contribution >= 4 is 22.6 Å². The summed E-state index contributed by atoms with van der Waals surface area (Å²) >= 11 is 0. The molecule has 0 spiro atoms. The van der Waals surface area contributed by atoms with E-state index < -0.39 is 0 Å². The topological polar surface area (TPSA) is 104 Å². The number of carbonyl (C=O) groups is 2. The molecule has 28 heavy (non-hydrogen) atoms. The fourth-order valence-corrected chi connectivity index (χ4v) is 2.92. The van der Waals surface area contributed by atoms with Gasteiger partial charge in [-0.05, 0) is 18.1 Å². The molecule has 0 bridgehead atoms. The van der Waals surface area contributed by atoms with E-state index in [1.807, 2.05) is 30.3 Å². The molecule has 0 unspecified atom stereocenters. The summed E-state index contributed by atoms with van der Waals surface area (Å²) in [4.78, 5) is 35.8. The van der Waals surface area contributed by atoms with Gasteiger partial charge >= 0.3 is 0 Å². The molecule has 2 amide bonds. The Morgan fingerprint density at radius 2 is 1.54 bits per heavy atom. The lowest BCUT2D eigenvalue weighted by Gasteiger charge is -2.08. The highest BCUT2D eigenvalue weighted by atomic mass is 16.2. The number of hydrogen-bond donors (Lipinski definition) is 3. The molecule has 1 heterocycles. The first-order valence-corrected chi connectivity index (χ1v) is 9.17. The zero-order valence-electron chi connectivity index (χ0n) is 15.4. The number of nitrogens with zero attached hydrogens (tertiary/aromatic N) is 1. The summed E-state index contributed by atoms with van der Waals surface area (Å²) in [5, 5.41) is 13.1. The zero-order valence-corrected chi connectivity index (χ0v) is 15.4. The number of benzene rings is 2. The highest BCUT2D eigenvalue weighted by molar-refractivity contribution is 5.88. The molecule has 3 rings (SSSR count). The lowest BCUT2D eigenvalue weighted by atomic mass is 10.1. The van der Waals surface area contributed by atoms with Crippen molar-refractivity contribution in [3.05, 3.63) is 76.2 Å². The van der Waals surface area contributed by atoms with Gasteiger partial charge in [-0.25, -0.2) is 5.10 Å². The van der Waals surface area contributed by atoms with E-state index in [4.69, 9.17) is 0 Å². The first kappa shape index (κ1) is 19.3. The minimum Gasteiger partial charge on any atom is -0.356 e. The van der Waals surface area contributed by atoms with Gasteiger partial charge in [0.05, 0.1) is 17.5 Å². The van der Waals surface area contributed by atoms with Gasteiger partial charge in [-0.3, -0.25) is 14.4 Å². The number of nitrogens with one attached hydrogen (secondary N) is 3. The van der Waals surface area contributed by atoms with Crippen molar-refractivity contribution in [3.8, 4) is 0 Å². The number of amides is 2. The third kappa shape index (κ3) is 5.26. The molecular formula is C21H22N4O3. The Hall–Kier alpha value is -3.48. The summed E-state index contributed by atoms with van der Waals surface area (Å²) in [5.41, 5.74) is 1.38. The molecule has 3 N–H and O–H groups in total. The Morgan fingerprint density at radius 1 is 0.857 bits per heavy atom. The monoisotopic (exact) mass is 378 g/mol. The molecule has 0 aliphatic heterocycles. The summed E-state index contributed by atoms with van der Waals surface area (Å²) in [7, 11) is 0. The standard InChI is InChI=1S/C21H22N4O3/c26-19(22-12-10-15-6-2-1-3-7-15)11-13-23-20(27)14-18-16-8-4-5-9-17(16)21(28)25-24-18/h1-9H,10-14H2,(H,22,26)(H,23,27)(H,25,28). The molecule has 0 saturated carbocycles. The van der Waals surface area contributed by atoms with Gasteiger partial charge in [0.25, 0.3) is 5.56 Å². The van der Waals surface area contributed by atoms with Crippen molar-refractivity contribution in [2.24, 2.45) is 0 Å². The predicted octanol–water partition coefficient (Wildman–Crippen LogP) is 1.33. The number of aromatic nitrogens is 2. The van der Waals surface area contributed by atoms with Crippen molar-refractivity contribution < 1.29 is 9.59 Å². The Bertz CT molecular complexity index is 1010. The van der Waals surface area contributed by atoms with Crippen LogP contribution in [-0.2, 0) is 22.4 Å². The third-order valence-electron chi connectivity index (χ3n) is 4.36. The van der Waals surface area contributed by atoms with Gasteiger partial charge in [0, 0.05) is 24.9 Å². The van der Waals surface area contributed by atoms with E-state index in [1.165, 1.54) is 0 Å². The van der Waals surface area contributed by atoms with Gasteiger partial charge in [-0.1, -0.05) is 48.5 Å². The van der Waals surface area contributed by atoms with Crippen LogP contribution in [0.4, 0.5) is 0 Å². The van der Waals surface area contributed by atoms with E-state index in [9.17, 15) is 14.4 Å². The van der Waals surface area contributed by atoms with Crippen LogP contribution in [0.1, 0.15) is 17.7 Å². The van der Waals surface area contributed by atoms with Crippen LogP contribution in [0.15, 0.2) is 59.4 Å². The lowest BCUT2D eigenvalue weighted by Crippen LogP contribution is -2.32. The summed E-state index contributed by atoms with van der Waals surface area (Å²) < 4.78 is 0. The predicted molar refractivity (Wildman–Crippen MR) is 107 cm³/mol. The second-order valence-electron chi connectivity index (χ2n) is 6.41. The highest BCUT2D eigenvalue weighted by Crippen LogP contribution is 2.12. The van der Waals surface area contributed by atoms with Gasteiger partial charge in [0.15, 0.2) is 0 Å². The van der Waals surface area contributed by atoms with Crippen LogP contribution in [0.25, 0.3) is 10.8 Å². The normalized spacial score (nSPS) is 10.6. The lowest BCUT2D eigenvalue weighted by molar-refractivity contribution is -0.122. The maximum atomic E-state index is 12.1. The smallest absolute Gasteiger partial charge is 0.272 e. The first-order chi connectivity index (χ1) is 13.6. The average Bonchev–Trinajstić information content (AvgIpc) is 2.71. The SMILES string of the molecule is O=C(CCNC(=O)Cc1n[nH]c(=O)c2ccccc12)NCCc1ccccc1. The van der Waals surface area contributed by atoms with Crippen LogP contribution in [0.5, 0.6) is 0 Å². The van der Waals surface area contributed by atoms with E-state index in [0.29, 0.717) is 23.0 Å². The Balaban J connectivity index is 1.42. The number of aromatic amines is 1. The third-order valence-corrected chi connectivity index (χ3v) is 4.36. The molecule has 0 saturated heterocycles. The molecule has 0 aliphatic rings. The van der Waals surface area contributed by atoms with Crippen molar-refractivity contribution in [1.82, 2.24) is 20.8 Å². The Labute approximate surface area is 162 Å². The number of hydrogen-bond acceptors (Lipinski definition) is 4. The molecule has 0 radical (unpaired) electrons. The number of H-pyrrole nitrogens is 1. The molecule has 0 fully saturated rings. The molecule has 2 aromatic carbocycles. The number of carbonyl (C=O) groups excluding carboxylic acids is 2. The zero-order chi connectivity index (χ0) is 19.8. The summed E-state index contributed by atoms with van der Waals surface area (Å²) in [6.07, 6.45) is 1.01. The fraction of sp³-hybridized carbons (Fsp3) is 0.238. The average molecular weight is 378 g/mol. The molecule has 3 aromatic rings. The maximum absolute atomic E-state index is 12.1. The van der Waals surface area contributed by atoms with Crippen LogP contribution in [-0.4, -0.2) is 35.1 Å². The van der Waals surface area contributed by atoms with Crippen molar-refractivity contribution in [3.63, 3.8) is 0 Å². The van der Waals surface area contributed by atoms with Gasteiger partial charge < -0.3 is 10.6 Å². The second-order valence-corrected chi connectivity index (χ2v) is 6.41. The molecule has 0 aliphatic carbocycles.